The van der Waals surface area contributed by atoms with Crippen molar-refractivity contribution >= 4 is 17.6 Å². The van der Waals surface area contributed by atoms with Crippen LogP contribution in [-0.4, -0.2) is 20.9 Å². The lowest BCUT2D eigenvalue weighted by Crippen LogP contribution is -2.27. The van der Waals surface area contributed by atoms with Crippen LogP contribution in [0.25, 0.3) is 0 Å². The summed E-state index contributed by atoms with van der Waals surface area (Å²) in [5, 5.41) is 13.9. The first kappa shape index (κ1) is 13.0. The Hall–Kier alpha value is -1.03. The molecule has 1 N–H and O–H groups in total. The molecule has 0 atom stereocenters. The van der Waals surface area contributed by atoms with Gasteiger partial charge in [-0.05, 0) is 27.7 Å². The monoisotopic (exact) mass is 244 g/mol. The average Bonchev–Trinajstić information content (AvgIpc) is 2.45. The largest absolute Gasteiger partial charge is 0.481 e. The maximum absolute atomic E-state index is 11.1. The molecule has 1 rings (SSSR count). The van der Waals surface area contributed by atoms with Crippen molar-refractivity contribution in [1.82, 2.24) is 9.78 Å². The van der Waals surface area contributed by atoms with Crippen molar-refractivity contribution in [1.29, 1.82) is 0 Å². The van der Waals surface area contributed by atoms with Gasteiger partial charge in [-0.15, -0.1) is 0 Å². The summed E-state index contributed by atoms with van der Waals surface area (Å²) in [5.41, 5.74) is 0.719. The summed E-state index contributed by atoms with van der Waals surface area (Å²) in [6, 6.07) is 0. The van der Waals surface area contributed by atoms with E-state index in [2.05, 4.69) is 5.10 Å². The Morgan fingerprint density at radius 2 is 2.12 bits per heavy atom. The minimum Gasteiger partial charge on any atom is -0.481 e. The van der Waals surface area contributed by atoms with Gasteiger partial charge in [0.05, 0.1) is 21.8 Å². The number of carboxylic acid groups (broad SMARTS) is 1. The van der Waals surface area contributed by atoms with E-state index in [9.17, 15) is 4.79 Å². The van der Waals surface area contributed by atoms with Crippen molar-refractivity contribution in [2.24, 2.45) is 5.41 Å². The molecule has 0 amide bonds. The second-order valence-corrected chi connectivity index (χ2v) is 4.91. The van der Waals surface area contributed by atoms with Gasteiger partial charge in [-0.25, -0.2) is 0 Å². The van der Waals surface area contributed by atoms with Gasteiger partial charge in [0, 0.05) is 13.0 Å². The molecule has 0 aliphatic heterocycles. The molecule has 0 spiro atoms. The van der Waals surface area contributed by atoms with Crippen molar-refractivity contribution < 1.29 is 9.90 Å². The second kappa shape index (κ2) is 4.45. The Morgan fingerprint density at radius 3 is 2.56 bits per heavy atom. The molecule has 0 aliphatic carbocycles. The van der Waals surface area contributed by atoms with Crippen LogP contribution in [0.4, 0.5) is 0 Å². The van der Waals surface area contributed by atoms with Crippen molar-refractivity contribution in [3.8, 4) is 0 Å². The standard InChI is InChI=1S/C11H17ClN2O2/c1-5-14-8(9(12)7(2)13-14)6-11(3,4)10(15)16/h5-6H2,1-4H3,(H,15,16). The molecule has 0 saturated heterocycles. The zero-order chi connectivity index (χ0) is 12.5. The number of nitrogens with zero attached hydrogens (tertiary/aromatic N) is 2. The molecular formula is C11H17ClN2O2. The third kappa shape index (κ3) is 2.38. The fourth-order valence-corrected chi connectivity index (χ4v) is 1.73. The minimum atomic E-state index is -0.830. The van der Waals surface area contributed by atoms with Crippen LogP contribution in [0.1, 0.15) is 32.2 Å². The van der Waals surface area contributed by atoms with Gasteiger partial charge in [-0.2, -0.15) is 5.10 Å². The summed E-state index contributed by atoms with van der Waals surface area (Å²) in [6.07, 6.45) is 0.385. The lowest BCUT2D eigenvalue weighted by molar-refractivity contribution is -0.146. The van der Waals surface area contributed by atoms with E-state index in [0.29, 0.717) is 18.0 Å². The van der Waals surface area contributed by atoms with Gasteiger partial charge < -0.3 is 5.11 Å². The van der Waals surface area contributed by atoms with Crippen LogP contribution >= 0.6 is 11.6 Å². The van der Waals surface area contributed by atoms with E-state index < -0.39 is 11.4 Å². The first-order valence-electron chi connectivity index (χ1n) is 5.24. The average molecular weight is 245 g/mol. The number of hydrogen-bond donors (Lipinski definition) is 1. The fourth-order valence-electron chi connectivity index (χ4n) is 1.53. The minimum absolute atomic E-state index is 0.385. The number of aryl methyl sites for hydroxylation is 2. The van der Waals surface area contributed by atoms with Gasteiger partial charge in [0.15, 0.2) is 0 Å². The topological polar surface area (TPSA) is 55.1 Å². The highest BCUT2D eigenvalue weighted by Gasteiger charge is 2.30. The summed E-state index contributed by atoms with van der Waals surface area (Å²) in [5.74, 6) is -0.829. The van der Waals surface area contributed by atoms with Crippen LogP contribution in [0.3, 0.4) is 0 Å². The van der Waals surface area contributed by atoms with Crippen LogP contribution in [0.15, 0.2) is 0 Å². The predicted octanol–water partition coefficient (Wildman–Crippen LogP) is 2.52. The van der Waals surface area contributed by atoms with E-state index in [0.717, 1.165) is 11.4 Å². The SMILES string of the molecule is CCn1nc(C)c(Cl)c1CC(C)(C)C(=O)O. The number of halogens is 1. The van der Waals surface area contributed by atoms with Crippen LogP contribution in [0, 0.1) is 12.3 Å². The molecule has 0 bridgehead atoms. The normalized spacial score (nSPS) is 11.8. The maximum atomic E-state index is 11.1. The predicted molar refractivity (Wildman–Crippen MR) is 62.8 cm³/mol. The first-order chi connectivity index (χ1) is 7.29. The van der Waals surface area contributed by atoms with E-state index >= 15 is 0 Å². The van der Waals surface area contributed by atoms with E-state index in [-0.39, 0.29) is 0 Å². The van der Waals surface area contributed by atoms with Gasteiger partial charge in [-0.1, -0.05) is 11.6 Å². The smallest absolute Gasteiger partial charge is 0.309 e. The number of carboxylic acids is 1. The molecule has 0 radical (unpaired) electrons. The molecule has 1 aromatic rings. The zero-order valence-corrected chi connectivity index (χ0v) is 10.8. The van der Waals surface area contributed by atoms with Crippen molar-refractivity contribution in [3.63, 3.8) is 0 Å². The van der Waals surface area contributed by atoms with Crippen LogP contribution in [0.2, 0.25) is 5.02 Å². The third-order valence-corrected chi connectivity index (χ3v) is 3.13. The Bertz CT molecular complexity index is 410. The molecule has 0 saturated carbocycles. The molecule has 90 valence electrons. The lowest BCUT2D eigenvalue weighted by Gasteiger charge is -2.19. The molecule has 1 aromatic heterocycles. The van der Waals surface area contributed by atoms with Crippen LogP contribution in [-0.2, 0) is 17.8 Å². The third-order valence-electron chi connectivity index (χ3n) is 2.64. The Labute approximate surface area is 100 Å². The molecule has 1 heterocycles. The van der Waals surface area contributed by atoms with E-state index in [1.165, 1.54) is 0 Å². The highest BCUT2D eigenvalue weighted by molar-refractivity contribution is 6.31. The molecular weight excluding hydrogens is 228 g/mol. The molecule has 0 fully saturated rings. The summed E-state index contributed by atoms with van der Waals surface area (Å²) < 4.78 is 1.77. The number of hydrogen-bond acceptors (Lipinski definition) is 2. The highest BCUT2D eigenvalue weighted by Crippen LogP contribution is 2.28. The van der Waals surface area contributed by atoms with Gasteiger partial charge in [0.2, 0.25) is 0 Å². The molecule has 0 aliphatic rings. The van der Waals surface area contributed by atoms with E-state index in [1.807, 2.05) is 13.8 Å². The van der Waals surface area contributed by atoms with Crippen molar-refractivity contribution in [2.75, 3.05) is 0 Å². The lowest BCUT2D eigenvalue weighted by atomic mass is 9.88. The number of aromatic nitrogens is 2. The maximum Gasteiger partial charge on any atom is 0.309 e. The molecule has 4 nitrogen and oxygen atoms in total. The summed E-state index contributed by atoms with van der Waals surface area (Å²) >= 11 is 6.13. The quantitative estimate of drug-likeness (QED) is 0.886. The number of aliphatic carboxylic acids is 1. The van der Waals surface area contributed by atoms with Gasteiger partial charge in [0.1, 0.15) is 0 Å². The fraction of sp³-hybridized carbons (Fsp3) is 0.636. The first-order valence-corrected chi connectivity index (χ1v) is 5.62. The molecule has 0 aromatic carbocycles. The molecule has 16 heavy (non-hydrogen) atoms. The molecule has 5 heteroatoms. The summed E-state index contributed by atoms with van der Waals surface area (Å²) in [7, 11) is 0. The number of carbonyl (C=O) groups is 1. The molecule has 0 unspecified atom stereocenters. The van der Waals surface area contributed by atoms with E-state index in [4.69, 9.17) is 16.7 Å². The van der Waals surface area contributed by atoms with Crippen molar-refractivity contribution in [3.05, 3.63) is 16.4 Å². The van der Waals surface area contributed by atoms with Gasteiger partial charge >= 0.3 is 5.97 Å². The van der Waals surface area contributed by atoms with Gasteiger partial charge in [-0.3, -0.25) is 9.48 Å². The second-order valence-electron chi connectivity index (χ2n) is 4.53. The highest BCUT2D eigenvalue weighted by atomic mass is 35.5. The van der Waals surface area contributed by atoms with Crippen LogP contribution < -0.4 is 0 Å². The Morgan fingerprint density at radius 1 is 1.56 bits per heavy atom. The van der Waals surface area contributed by atoms with E-state index in [1.54, 1.807) is 18.5 Å². The van der Waals surface area contributed by atoms with Crippen LogP contribution in [0.5, 0.6) is 0 Å². The van der Waals surface area contributed by atoms with Crippen molar-refractivity contribution in [2.45, 2.75) is 40.7 Å². The zero-order valence-electron chi connectivity index (χ0n) is 10.0. The number of rotatable bonds is 4. The Kier molecular flexibility index (Phi) is 3.63. The summed E-state index contributed by atoms with van der Waals surface area (Å²) in [4.78, 5) is 11.1. The Balaban J connectivity index is 3.10. The van der Waals surface area contributed by atoms with Gasteiger partial charge in [0.25, 0.3) is 0 Å². The summed E-state index contributed by atoms with van der Waals surface area (Å²) in [6.45, 7) is 7.85.